The van der Waals surface area contributed by atoms with Gasteiger partial charge in [0.1, 0.15) is 38.1 Å². The number of hydrazine groups is 1. The van der Waals surface area contributed by atoms with Crippen molar-refractivity contribution >= 4 is 71.5 Å². The van der Waals surface area contributed by atoms with E-state index in [1.54, 1.807) is 16.4 Å². The van der Waals surface area contributed by atoms with Crippen molar-refractivity contribution in [3.63, 3.8) is 0 Å². The number of phosphoric acid groups is 1. The summed E-state index contributed by atoms with van der Waals surface area (Å²) in [6.45, 7) is 1.54. The summed E-state index contributed by atoms with van der Waals surface area (Å²) in [5.41, 5.74) is 20.4. The minimum absolute atomic E-state index is 0.0374. The van der Waals surface area contributed by atoms with Gasteiger partial charge in [-0.15, -0.1) is 0 Å². The zero-order valence-corrected chi connectivity index (χ0v) is 37.9. The van der Waals surface area contributed by atoms with E-state index in [0.717, 1.165) is 0 Å². The monoisotopic (exact) mass is 935 g/mol. The molecule has 4 rings (SSSR count). The highest BCUT2D eigenvalue weighted by Crippen LogP contribution is 2.43. The van der Waals surface area contributed by atoms with E-state index >= 15 is 0 Å². The predicted molar refractivity (Wildman–Crippen MR) is 234 cm³/mol. The Labute approximate surface area is 373 Å². The molecule has 1 atom stereocenters. The second-order valence-corrected chi connectivity index (χ2v) is 17.0. The van der Waals surface area contributed by atoms with E-state index < -0.39 is 37.7 Å². The Morgan fingerprint density at radius 2 is 1.48 bits per heavy atom. The largest absolute Gasteiger partial charge is 0.472 e. The van der Waals surface area contributed by atoms with Crippen molar-refractivity contribution < 1.29 is 47.0 Å². The van der Waals surface area contributed by atoms with Crippen molar-refractivity contribution in [2.75, 3.05) is 111 Å². The zero-order chi connectivity index (χ0) is 47.7. The molecular weight excluding hydrogens is 875 g/mol. The number of anilines is 2. The van der Waals surface area contributed by atoms with Crippen LogP contribution in [0.5, 0.6) is 0 Å². The fraction of sp³-hybridized carbons (Fsp3) is 0.583. The number of nitrogens with two attached hydrogens (primary N) is 3. The number of H-pyrrole nitrogens is 1. The van der Waals surface area contributed by atoms with Crippen LogP contribution in [0.2, 0.25) is 0 Å². The number of hydrogen-bond donors (Lipinski definition) is 8. The molecule has 4 aromatic heterocycles. The molecule has 4 heterocycles. The van der Waals surface area contributed by atoms with Gasteiger partial charge in [-0.2, -0.15) is 4.98 Å². The van der Waals surface area contributed by atoms with E-state index in [2.05, 4.69) is 46.0 Å². The minimum Gasteiger partial charge on any atom is -0.382 e. The fourth-order valence-corrected chi connectivity index (χ4v) is 6.74. The van der Waals surface area contributed by atoms with Gasteiger partial charge in [0.25, 0.3) is 11.5 Å². The third-order valence-electron chi connectivity index (χ3n) is 9.50. The average molecular weight is 936 g/mol. The molecule has 5 amide bonds. The molecule has 65 heavy (non-hydrogen) atoms. The van der Waals surface area contributed by atoms with Crippen molar-refractivity contribution in [1.29, 1.82) is 0 Å². The van der Waals surface area contributed by atoms with Crippen LogP contribution in [0.4, 0.5) is 11.8 Å². The molecule has 0 fully saturated rings. The summed E-state index contributed by atoms with van der Waals surface area (Å²) in [4.78, 5) is 114. The standard InChI is InChI=1S/C36H59N18O10P/c1-5-49(28(58)20-51-23-44-30-32(38)42-22-43-33(30)51)13-10-41-26(56)19-50(27(57)7-6-9-37)14-12-46-53(29(59)21-52-24-45-31-34(52)47-36(39)48-35(31)60)15-11-40-25(55)8-17-63-65(61,62)64-18-16-54(2,3)4/h22-24,46H,5-21,37H2,1-4H3,(H7-,38,39,40,41,42,43,47,48,55,56,60,61,62)/p+1. The van der Waals surface area contributed by atoms with E-state index in [9.17, 15) is 38.2 Å². The number of nitrogens with zero attached hydrogens (tertiary/aromatic N) is 11. The fourth-order valence-electron chi connectivity index (χ4n) is 6.03. The van der Waals surface area contributed by atoms with Gasteiger partial charge >= 0.3 is 7.82 Å². The lowest BCUT2D eigenvalue weighted by Gasteiger charge is -2.27. The molecule has 0 aliphatic rings. The van der Waals surface area contributed by atoms with Crippen molar-refractivity contribution in [2.45, 2.75) is 39.3 Å². The van der Waals surface area contributed by atoms with Crippen LogP contribution in [0.1, 0.15) is 26.2 Å². The number of imidazole rings is 2. The van der Waals surface area contributed by atoms with E-state index in [-0.39, 0.29) is 120 Å². The normalized spacial score (nSPS) is 12.5. The van der Waals surface area contributed by atoms with Gasteiger partial charge in [-0.3, -0.25) is 47.8 Å². The Kier molecular flexibility index (Phi) is 19.2. The van der Waals surface area contributed by atoms with Crippen LogP contribution in [0.25, 0.3) is 22.3 Å². The lowest BCUT2D eigenvalue weighted by Crippen LogP contribution is -2.51. The van der Waals surface area contributed by atoms with Gasteiger partial charge in [0.05, 0.1) is 59.9 Å². The molecule has 28 nitrogen and oxygen atoms in total. The lowest BCUT2D eigenvalue weighted by molar-refractivity contribution is -0.870. The molecule has 1 unspecified atom stereocenters. The summed E-state index contributed by atoms with van der Waals surface area (Å²) in [5.74, 6) is -2.23. The Balaban J connectivity index is 1.34. The lowest BCUT2D eigenvalue weighted by atomic mass is 10.2. The number of carbonyl (C=O) groups excluding carboxylic acids is 5. The molecule has 11 N–H and O–H groups in total. The van der Waals surface area contributed by atoms with Gasteiger partial charge in [0, 0.05) is 45.7 Å². The molecule has 0 saturated heterocycles. The summed E-state index contributed by atoms with van der Waals surface area (Å²) < 4.78 is 25.5. The first kappa shape index (κ1) is 51.5. The molecule has 0 aliphatic carbocycles. The van der Waals surface area contributed by atoms with Crippen LogP contribution in [0.3, 0.4) is 0 Å². The predicted octanol–water partition coefficient (Wildman–Crippen LogP) is -3.66. The SMILES string of the molecule is CCN(CCNC(=O)CN(CCNN(CCNC(=O)CCOP(=O)(O)OCC[N+](C)(C)C)C(=O)Cn1cnc2c(=O)[nH]c(N)nc21)C(=O)CCCN)C(=O)Cn1cnc2c(N)ncnc21. The Morgan fingerprint density at radius 3 is 2.18 bits per heavy atom. The number of nitrogen functional groups attached to an aromatic ring is 2. The maximum Gasteiger partial charge on any atom is 0.472 e. The van der Waals surface area contributed by atoms with Crippen LogP contribution in [0.15, 0.2) is 23.8 Å². The van der Waals surface area contributed by atoms with Gasteiger partial charge in [0.2, 0.25) is 29.6 Å². The zero-order valence-electron chi connectivity index (χ0n) is 37.0. The number of aromatic amines is 1. The first-order valence-corrected chi connectivity index (χ1v) is 22.2. The first-order chi connectivity index (χ1) is 30.8. The molecule has 29 heteroatoms. The number of quaternary nitrogens is 1. The maximum absolute atomic E-state index is 13.7. The summed E-state index contributed by atoms with van der Waals surface area (Å²) in [6, 6.07) is 0. The molecule has 0 spiro atoms. The third kappa shape index (κ3) is 16.4. The minimum atomic E-state index is -4.39. The quantitative estimate of drug-likeness (QED) is 0.0155. The first-order valence-electron chi connectivity index (χ1n) is 20.7. The van der Waals surface area contributed by atoms with E-state index in [0.29, 0.717) is 35.2 Å². The highest BCUT2D eigenvalue weighted by molar-refractivity contribution is 7.47. The second kappa shape index (κ2) is 24.2. The number of phosphoric ester groups is 1. The third-order valence-corrected chi connectivity index (χ3v) is 10.5. The van der Waals surface area contributed by atoms with Crippen molar-refractivity contribution in [3.05, 3.63) is 29.3 Å². The highest BCUT2D eigenvalue weighted by Gasteiger charge is 2.24. The number of aromatic nitrogens is 8. The van der Waals surface area contributed by atoms with Gasteiger partial charge in [0.15, 0.2) is 22.6 Å². The molecule has 0 aromatic carbocycles. The molecular formula is C36H60N18O10P+. The summed E-state index contributed by atoms with van der Waals surface area (Å²) in [5, 5.41) is 6.55. The smallest absolute Gasteiger partial charge is 0.382 e. The van der Waals surface area contributed by atoms with Crippen molar-refractivity contribution in [3.8, 4) is 0 Å². The highest BCUT2D eigenvalue weighted by atomic mass is 31.2. The van der Waals surface area contributed by atoms with Crippen molar-refractivity contribution in [1.82, 2.24) is 69.9 Å². The Bertz CT molecular complexity index is 2370. The number of fused-ring (bicyclic) bond motifs is 2. The molecule has 0 aliphatic heterocycles. The summed E-state index contributed by atoms with van der Waals surface area (Å²) in [7, 11) is 1.26. The number of hydrogen-bond acceptors (Lipinski definition) is 18. The number of rotatable bonds is 28. The van der Waals surface area contributed by atoms with Crippen LogP contribution >= 0.6 is 7.82 Å². The summed E-state index contributed by atoms with van der Waals surface area (Å²) in [6.07, 6.45) is 4.09. The van der Waals surface area contributed by atoms with Gasteiger partial charge in [-0.05, 0) is 19.9 Å². The second-order valence-electron chi connectivity index (χ2n) is 15.5. The van der Waals surface area contributed by atoms with Crippen LogP contribution in [-0.4, -0.2) is 193 Å². The number of amides is 5. The molecule has 358 valence electrons. The maximum atomic E-state index is 13.7. The number of likely N-dealkylation sites (N-methyl/N-ethyl adjacent to an activating group) is 2. The molecule has 4 aromatic rings. The van der Waals surface area contributed by atoms with E-state index in [1.807, 2.05) is 21.1 Å². The molecule has 0 bridgehead atoms. The van der Waals surface area contributed by atoms with E-state index in [4.69, 9.17) is 26.2 Å². The number of nitrogens with one attached hydrogen (secondary N) is 4. The molecule has 0 radical (unpaired) electrons. The summed E-state index contributed by atoms with van der Waals surface area (Å²) >= 11 is 0. The van der Waals surface area contributed by atoms with Crippen molar-refractivity contribution in [2.24, 2.45) is 5.73 Å². The van der Waals surface area contributed by atoms with Gasteiger partial charge < -0.3 is 56.1 Å². The Morgan fingerprint density at radius 1 is 0.831 bits per heavy atom. The Hall–Kier alpha value is -6.16. The van der Waals surface area contributed by atoms with Gasteiger partial charge in [-0.25, -0.2) is 29.9 Å². The molecule has 0 saturated carbocycles. The van der Waals surface area contributed by atoms with E-state index in [1.165, 1.54) is 33.5 Å². The number of carbonyl (C=O) groups is 5. The average Bonchev–Trinajstić information content (AvgIpc) is 3.84. The van der Waals surface area contributed by atoms with Crippen LogP contribution < -0.4 is 38.8 Å². The van der Waals surface area contributed by atoms with Crippen LogP contribution in [-0.2, 0) is 50.7 Å². The van der Waals surface area contributed by atoms with Gasteiger partial charge in [-0.1, -0.05) is 0 Å². The topological polar surface area (TPSA) is 372 Å². The van der Waals surface area contributed by atoms with Crippen LogP contribution in [0, 0.1) is 0 Å².